The number of carbonyl (C=O) groups is 1. The summed E-state index contributed by atoms with van der Waals surface area (Å²) in [4.78, 5) is 26.9. The Kier molecular flexibility index (Phi) is 3.79. The standard InChI is InChI=1S/C11H16N4O4/c1-8-12-5-10(15(18)19)14(8)3-2-13-6-9(7-13)4-11(16)17/h5,9H,2-4,6-7H2,1H3,(H,16,17). The SMILES string of the molecule is Cc1ncc([N+](=O)[O-])n1CCN1CC(CC(=O)O)C1. The summed E-state index contributed by atoms with van der Waals surface area (Å²) in [5.74, 6) is 0.0523. The van der Waals surface area contributed by atoms with Gasteiger partial charge in [0, 0.05) is 26.6 Å². The summed E-state index contributed by atoms with van der Waals surface area (Å²) in [6.07, 6.45) is 1.46. The Balaban J connectivity index is 1.83. The summed E-state index contributed by atoms with van der Waals surface area (Å²) in [5, 5.41) is 19.4. The van der Waals surface area contributed by atoms with Gasteiger partial charge in [-0.05, 0) is 10.8 Å². The van der Waals surface area contributed by atoms with Crippen LogP contribution in [0.4, 0.5) is 5.82 Å². The third-order valence-electron chi connectivity index (χ3n) is 3.36. The van der Waals surface area contributed by atoms with E-state index in [4.69, 9.17) is 5.11 Å². The molecule has 1 N–H and O–H groups in total. The van der Waals surface area contributed by atoms with E-state index in [1.807, 2.05) is 0 Å². The van der Waals surface area contributed by atoms with Gasteiger partial charge in [-0.3, -0.25) is 9.69 Å². The van der Waals surface area contributed by atoms with Crippen molar-refractivity contribution in [2.45, 2.75) is 19.9 Å². The number of carboxylic acids is 1. The van der Waals surface area contributed by atoms with Crippen LogP contribution in [-0.2, 0) is 11.3 Å². The zero-order valence-corrected chi connectivity index (χ0v) is 10.7. The summed E-state index contributed by atoms with van der Waals surface area (Å²) in [6.45, 7) is 4.40. The van der Waals surface area contributed by atoms with Crippen molar-refractivity contribution in [2.75, 3.05) is 19.6 Å². The lowest BCUT2D eigenvalue weighted by molar-refractivity contribution is -0.392. The van der Waals surface area contributed by atoms with Gasteiger partial charge in [-0.2, -0.15) is 0 Å². The number of nitrogens with zero attached hydrogens (tertiary/aromatic N) is 4. The average molecular weight is 268 g/mol. The van der Waals surface area contributed by atoms with E-state index in [0.29, 0.717) is 18.9 Å². The molecule has 2 heterocycles. The smallest absolute Gasteiger partial charge is 0.342 e. The Morgan fingerprint density at radius 2 is 2.26 bits per heavy atom. The molecule has 8 nitrogen and oxygen atoms in total. The fraction of sp³-hybridized carbons (Fsp3) is 0.636. The van der Waals surface area contributed by atoms with Crippen molar-refractivity contribution in [1.82, 2.24) is 14.5 Å². The van der Waals surface area contributed by atoms with Crippen molar-refractivity contribution in [3.63, 3.8) is 0 Å². The van der Waals surface area contributed by atoms with Gasteiger partial charge in [-0.25, -0.2) is 9.55 Å². The van der Waals surface area contributed by atoms with Crippen LogP contribution in [-0.4, -0.2) is 50.1 Å². The molecule has 2 rings (SSSR count). The molecular weight excluding hydrogens is 252 g/mol. The van der Waals surface area contributed by atoms with E-state index in [2.05, 4.69) is 9.88 Å². The number of hydrogen-bond donors (Lipinski definition) is 1. The fourth-order valence-electron chi connectivity index (χ4n) is 2.36. The number of nitro groups is 1. The molecule has 0 bridgehead atoms. The van der Waals surface area contributed by atoms with Crippen molar-refractivity contribution < 1.29 is 14.8 Å². The van der Waals surface area contributed by atoms with Gasteiger partial charge in [0.1, 0.15) is 12.7 Å². The number of aryl methyl sites for hydroxylation is 1. The number of aromatic nitrogens is 2. The van der Waals surface area contributed by atoms with Gasteiger partial charge in [0.15, 0.2) is 5.82 Å². The first-order valence-corrected chi connectivity index (χ1v) is 6.08. The van der Waals surface area contributed by atoms with Crippen molar-refractivity contribution in [2.24, 2.45) is 5.92 Å². The fourth-order valence-corrected chi connectivity index (χ4v) is 2.36. The Hall–Kier alpha value is -1.96. The van der Waals surface area contributed by atoms with Gasteiger partial charge < -0.3 is 15.2 Å². The second-order valence-corrected chi connectivity index (χ2v) is 4.80. The lowest BCUT2D eigenvalue weighted by atomic mass is 9.96. The first kappa shape index (κ1) is 13.5. The minimum atomic E-state index is -0.772. The number of likely N-dealkylation sites (tertiary alicyclic amines) is 1. The quantitative estimate of drug-likeness (QED) is 0.595. The van der Waals surface area contributed by atoms with Gasteiger partial charge in [0.2, 0.25) is 0 Å². The Morgan fingerprint density at radius 3 is 2.84 bits per heavy atom. The molecule has 0 aliphatic carbocycles. The lowest BCUT2D eigenvalue weighted by Crippen LogP contribution is -2.48. The number of carboxylic acid groups (broad SMARTS) is 1. The maximum Gasteiger partial charge on any atom is 0.342 e. The highest BCUT2D eigenvalue weighted by molar-refractivity contribution is 5.67. The second kappa shape index (κ2) is 5.35. The molecule has 1 aliphatic heterocycles. The van der Waals surface area contributed by atoms with Crippen LogP contribution in [0.15, 0.2) is 6.20 Å². The molecule has 1 aromatic rings. The van der Waals surface area contributed by atoms with Crippen LogP contribution in [0.3, 0.4) is 0 Å². The molecule has 8 heteroatoms. The highest BCUT2D eigenvalue weighted by Crippen LogP contribution is 2.20. The van der Waals surface area contributed by atoms with E-state index in [9.17, 15) is 14.9 Å². The summed E-state index contributed by atoms with van der Waals surface area (Å²) in [7, 11) is 0. The van der Waals surface area contributed by atoms with E-state index in [0.717, 1.165) is 13.1 Å². The van der Waals surface area contributed by atoms with E-state index >= 15 is 0 Å². The molecule has 1 aromatic heterocycles. The molecule has 19 heavy (non-hydrogen) atoms. The van der Waals surface area contributed by atoms with E-state index in [1.165, 1.54) is 6.20 Å². The highest BCUT2D eigenvalue weighted by Gasteiger charge is 2.29. The van der Waals surface area contributed by atoms with E-state index < -0.39 is 10.9 Å². The molecule has 104 valence electrons. The van der Waals surface area contributed by atoms with E-state index in [-0.39, 0.29) is 18.2 Å². The van der Waals surface area contributed by atoms with Crippen LogP contribution in [0, 0.1) is 23.0 Å². The Morgan fingerprint density at radius 1 is 1.58 bits per heavy atom. The minimum Gasteiger partial charge on any atom is -0.481 e. The van der Waals surface area contributed by atoms with Crippen molar-refractivity contribution in [3.8, 4) is 0 Å². The summed E-state index contributed by atoms with van der Waals surface area (Å²) in [5.41, 5.74) is 0. The second-order valence-electron chi connectivity index (χ2n) is 4.80. The van der Waals surface area contributed by atoms with Gasteiger partial charge in [0.25, 0.3) is 0 Å². The van der Waals surface area contributed by atoms with Crippen LogP contribution < -0.4 is 0 Å². The first-order valence-electron chi connectivity index (χ1n) is 6.08. The van der Waals surface area contributed by atoms with Crippen LogP contribution >= 0.6 is 0 Å². The number of aliphatic carboxylic acids is 1. The van der Waals surface area contributed by atoms with Gasteiger partial charge in [-0.1, -0.05) is 0 Å². The zero-order valence-electron chi connectivity index (χ0n) is 10.7. The molecule has 1 saturated heterocycles. The molecule has 0 aromatic carbocycles. The van der Waals surface area contributed by atoms with Crippen LogP contribution in [0.25, 0.3) is 0 Å². The third-order valence-corrected chi connectivity index (χ3v) is 3.36. The van der Waals surface area contributed by atoms with Crippen LogP contribution in [0.1, 0.15) is 12.2 Å². The van der Waals surface area contributed by atoms with Crippen LogP contribution in [0.2, 0.25) is 0 Å². The van der Waals surface area contributed by atoms with Crippen molar-refractivity contribution >= 4 is 11.8 Å². The highest BCUT2D eigenvalue weighted by atomic mass is 16.6. The monoisotopic (exact) mass is 268 g/mol. The number of rotatable bonds is 6. The maximum atomic E-state index is 10.8. The first-order chi connectivity index (χ1) is 8.97. The largest absolute Gasteiger partial charge is 0.481 e. The predicted octanol–water partition coefficient (Wildman–Crippen LogP) is 0.506. The topological polar surface area (TPSA) is 102 Å². The molecule has 0 amide bonds. The lowest BCUT2D eigenvalue weighted by Gasteiger charge is -2.38. The third kappa shape index (κ3) is 3.08. The van der Waals surface area contributed by atoms with Crippen molar-refractivity contribution in [3.05, 3.63) is 22.1 Å². The van der Waals surface area contributed by atoms with E-state index in [1.54, 1.807) is 11.5 Å². The molecule has 0 spiro atoms. The zero-order chi connectivity index (χ0) is 14.0. The summed E-state index contributed by atoms with van der Waals surface area (Å²) >= 11 is 0. The predicted molar refractivity (Wildman–Crippen MR) is 65.8 cm³/mol. The van der Waals surface area contributed by atoms with Gasteiger partial charge in [0.05, 0.1) is 6.42 Å². The van der Waals surface area contributed by atoms with Gasteiger partial charge >= 0.3 is 11.8 Å². The summed E-state index contributed by atoms with van der Waals surface area (Å²) in [6, 6.07) is 0. The van der Waals surface area contributed by atoms with Gasteiger partial charge in [-0.15, -0.1) is 0 Å². The van der Waals surface area contributed by atoms with Crippen LogP contribution in [0.5, 0.6) is 0 Å². The average Bonchev–Trinajstić information content (AvgIpc) is 2.63. The molecule has 0 atom stereocenters. The Bertz CT molecular complexity index is 493. The maximum absolute atomic E-state index is 10.8. The molecule has 0 saturated carbocycles. The normalized spacial score (nSPS) is 16.3. The molecule has 0 unspecified atom stereocenters. The number of hydrogen-bond acceptors (Lipinski definition) is 5. The molecule has 0 radical (unpaired) electrons. The van der Waals surface area contributed by atoms with Crippen molar-refractivity contribution in [1.29, 1.82) is 0 Å². The minimum absolute atomic E-state index is 0.000101. The molecule has 1 aliphatic rings. The number of imidazole rings is 1. The summed E-state index contributed by atoms with van der Waals surface area (Å²) < 4.78 is 1.57. The Labute approximate surface area is 109 Å². The molecule has 1 fully saturated rings. The molecular formula is C11H16N4O4.